The van der Waals surface area contributed by atoms with Crippen molar-refractivity contribution in [3.05, 3.63) is 30.5 Å². The lowest BCUT2D eigenvalue weighted by Crippen LogP contribution is -2.09. The zero-order valence-corrected chi connectivity index (χ0v) is 12.1. The number of hydrogen-bond donors (Lipinski definition) is 2. The first-order valence-corrected chi connectivity index (χ1v) is 7.38. The molecule has 8 nitrogen and oxygen atoms in total. The maximum absolute atomic E-state index is 11.4. The first-order valence-electron chi connectivity index (χ1n) is 5.94. The van der Waals surface area contributed by atoms with Gasteiger partial charge in [0.25, 0.3) is 10.1 Å². The summed E-state index contributed by atoms with van der Waals surface area (Å²) in [5, 5.41) is 12.6. The number of nitrogens with one attached hydrogen (secondary N) is 1. The summed E-state index contributed by atoms with van der Waals surface area (Å²) >= 11 is 0. The van der Waals surface area contributed by atoms with E-state index in [0.29, 0.717) is 0 Å². The van der Waals surface area contributed by atoms with Gasteiger partial charge in [-0.15, -0.1) is 0 Å². The van der Waals surface area contributed by atoms with Crippen LogP contribution in [0.2, 0.25) is 0 Å². The van der Waals surface area contributed by atoms with Gasteiger partial charge in [0.15, 0.2) is 5.78 Å². The van der Waals surface area contributed by atoms with Crippen LogP contribution in [0.5, 0.6) is 0 Å². The van der Waals surface area contributed by atoms with Gasteiger partial charge in [0.1, 0.15) is 11.0 Å². The van der Waals surface area contributed by atoms with Crippen molar-refractivity contribution in [3.63, 3.8) is 0 Å². The predicted molar refractivity (Wildman–Crippen MR) is 78.9 cm³/mol. The number of rotatable bonds is 4. The number of nitriles is 1. The van der Waals surface area contributed by atoms with E-state index in [1.54, 1.807) is 6.07 Å². The summed E-state index contributed by atoms with van der Waals surface area (Å²) in [5.41, 5.74) is 2.69. The summed E-state index contributed by atoms with van der Waals surface area (Å²) in [7, 11) is -4.41. The molecule has 1 aromatic heterocycles. The van der Waals surface area contributed by atoms with Crippen molar-refractivity contribution in [2.75, 3.05) is 5.43 Å². The molecule has 1 heterocycles. The highest BCUT2D eigenvalue weighted by Crippen LogP contribution is 2.27. The van der Waals surface area contributed by atoms with Gasteiger partial charge in [-0.1, -0.05) is 0 Å². The normalized spacial score (nSPS) is 12.0. The number of Topliss-reactive ketones (excluding diaryl/α,β-unsaturated/α-hetero) is 1. The molecule has 0 aliphatic rings. The maximum atomic E-state index is 11.4. The van der Waals surface area contributed by atoms with Crippen LogP contribution in [0.3, 0.4) is 0 Å². The number of carbonyl (C=O) groups excluding carboxylic acids is 1. The molecular weight excluding hydrogens is 308 g/mol. The molecule has 0 aliphatic heterocycles. The number of fused-ring (bicyclic) bond motifs is 1. The van der Waals surface area contributed by atoms with E-state index >= 15 is 0 Å². The molecule has 0 saturated heterocycles. The summed E-state index contributed by atoms with van der Waals surface area (Å²) in [5.74, 6) is -0.512. The lowest BCUT2D eigenvalue weighted by molar-refractivity contribution is -0.110. The van der Waals surface area contributed by atoms with E-state index in [1.807, 2.05) is 0 Å². The number of ketones is 1. The number of benzene rings is 1. The van der Waals surface area contributed by atoms with Crippen molar-refractivity contribution in [1.82, 2.24) is 4.98 Å². The lowest BCUT2D eigenvalue weighted by atomic mass is 10.2. The van der Waals surface area contributed by atoms with Crippen molar-refractivity contribution < 1.29 is 17.8 Å². The minimum Gasteiger partial charge on any atom is -0.292 e. The van der Waals surface area contributed by atoms with Crippen molar-refractivity contribution in [2.24, 2.45) is 5.10 Å². The molecule has 0 atom stereocenters. The lowest BCUT2D eigenvalue weighted by Gasteiger charge is -2.08. The molecule has 2 N–H and O–H groups in total. The van der Waals surface area contributed by atoms with Gasteiger partial charge in [0.2, 0.25) is 5.71 Å². The van der Waals surface area contributed by atoms with Crippen LogP contribution in [0, 0.1) is 11.3 Å². The van der Waals surface area contributed by atoms with Gasteiger partial charge >= 0.3 is 0 Å². The molecule has 0 bridgehead atoms. The molecule has 112 valence electrons. The minimum atomic E-state index is -4.41. The number of pyridine rings is 1. The second kappa shape index (κ2) is 5.88. The number of nitrogens with zero attached hydrogens (tertiary/aromatic N) is 3. The molecule has 22 heavy (non-hydrogen) atoms. The monoisotopic (exact) mass is 318 g/mol. The summed E-state index contributed by atoms with van der Waals surface area (Å²) in [4.78, 5) is 14.9. The third kappa shape index (κ3) is 3.08. The summed E-state index contributed by atoms with van der Waals surface area (Å²) in [6.45, 7) is 1.20. The van der Waals surface area contributed by atoms with Crippen LogP contribution in [0.4, 0.5) is 5.69 Å². The minimum absolute atomic E-state index is 0.187. The molecule has 1 aromatic carbocycles. The molecule has 2 rings (SSSR count). The molecular formula is C13H10N4O4S. The highest BCUT2D eigenvalue weighted by atomic mass is 32.2. The molecule has 0 aliphatic carbocycles. The molecule has 0 amide bonds. The average Bonchev–Trinajstić information content (AvgIpc) is 2.46. The van der Waals surface area contributed by atoms with Gasteiger partial charge in [0, 0.05) is 18.5 Å². The molecule has 0 spiro atoms. The highest BCUT2D eigenvalue weighted by Gasteiger charge is 2.16. The number of hydrogen-bond acceptors (Lipinski definition) is 7. The van der Waals surface area contributed by atoms with Crippen molar-refractivity contribution in [2.45, 2.75) is 11.8 Å². The quantitative estimate of drug-likeness (QED) is 0.494. The summed E-state index contributed by atoms with van der Waals surface area (Å²) in [6, 6.07) is 7.13. The third-order valence-electron chi connectivity index (χ3n) is 2.74. The van der Waals surface area contributed by atoms with Gasteiger partial charge in [-0.05, 0) is 24.3 Å². The topological polar surface area (TPSA) is 133 Å². The Bertz CT molecular complexity index is 929. The molecule has 0 unspecified atom stereocenters. The van der Waals surface area contributed by atoms with Crippen LogP contribution in [0.15, 0.2) is 40.5 Å². The SMILES string of the molecule is CC(=O)C(C#N)=NNc1ccc(S(=O)(=O)O)c2cccnc12. The van der Waals surface area contributed by atoms with Crippen LogP contribution in [-0.2, 0) is 14.9 Å². The van der Waals surface area contributed by atoms with Crippen LogP contribution >= 0.6 is 0 Å². The Morgan fingerprint density at radius 2 is 2.14 bits per heavy atom. The smallest absolute Gasteiger partial charge is 0.292 e. The van der Waals surface area contributed by atoms with Crippen molar-refractivity contribution in [3.8, 4) is 6.07 Å². The summed E-state index contributed by atoms with van der Waals surface area (Å²) < 4.78 is 31.9. The summed E-state index contributed by atoms with van der Waals surface area (Å²) in [6.07, 6.45) is 1.43. The Hall–Kier alpha value is -2.83. The molecule has 0 radical (unpaired) electrons. The van der Waals surface area contributed by atoms with Crippen LogP contribution < -0.4 is 5.43 Å². The Morgan fingerprint density at radius 1 is 1.41 bits per heavy atom. The molecule has 0 saturated carbocycles. The molecule has 2 aromatic rings. The standard InChI is InChI=1S/C13H10N4O4S/c1-8(18)11(7-14)17-16-10-4-5-12(22(19,20)21)9-3-2-6-15-13(9)10/h2-6,16H,1H3,(H,19,20,21). The predicted octanol–water partition coefficient (Wildman–Crippen LogP) is 1.36. The fourth-order valence-electron chi connectivity index (χ4n) is 1.76. The second-order valence-electron chi connectivity index (χ2n) is 4.23. The van der Waals surface area contributed by atoms with E-state index in [1.165, 1.54) is 37.4 Å². The van der Waals surface area contributed by atoms with Crippen LogP contribution in [0.25, 0.3) is 10.9 Å². The fourth-order valence-corrected chi connectivity index (χ4v) is 2.44. The number of hydrazone groups is 1. The zero-order valence-electron chi connectivity index (χ0n) is 11.3. The molecule has 9 heteroatoms. The first-order chi connectivity index (χ1) is 10.3. The third-order valence-corrected chi connectivity index (χ3v) is 3.65. The number of aromatic nitrogens is 1. The van der Waals surface area contributed by atoms with Gasteiger partial charge < -0.3 is 0 Å². The van der Waals surface area contributed by atoms with E-state index in [2.05, 4.69) is 15.5 Å². The number of carbonyl (C=O) groups is 1. The zero-order chi connectivity index (χ0) is 16.3. The second-order valence-corrected chi connectivity index (χ2v) is 5.62. The molecule has 0 fully saturated rings. The van der Waals surface area contributed by atoms with Crippen molar-refractivity contribution >= 4 is 38.2 Å². The van der Waals surface area contributed by atoms with Crippen molar-refractivity contribution in [1.29, 1.82) is 5.26 Å². The Balaban J connectivity index is 2.59. The maximum Gasteiger partial charge on any atom is 0.295 e. The Labute approximate surface area is 125 Å². The van der Waals surface area contributed by atoms with Crippen LogP contribution in [-0.4, -0.2) is 29.4 Å². The average molecular weight is 318 g/mol. The fraction of sp³-hybridized carbons (Fsp3) is 0.0769. The Kier molecular flexibility index (Phi) is 4.16. The number of anilines is 1. The van der Waals surface area contributed by atoms with Gasteiger partial charge in [-0.25, -0.2) is 0 Å². The van der Waals surface area contributed by atoms with Gasteiger partial charge in [-0.3, -0.25) is 19.8 Å². The van der Waals surface area contributed by atoms with E-state index in [-0.39, 0.29) is 27.2 Å². The largest absolute Gasteiger partial charge is 0.295 e. The van der Waals surface area contributed by atoms with Crippen LogP contribution in [0.1, 0.15) is 6.92 Å². The van der Waals surface area contributed by atoms with E-state index < -0.39 is 15.9 Å². The van der Waals surface area contributed by atoms with Gasteiger partial charge in [0.05, 0.1) is 11.2 Å². The van der Waals surface area contributed by atoms with E-state index in [4.69, 9.17) is 5.26 Å². The van der Waals surface area contributed by atoms with Gasteiger partial charge in [-0.2, -0.15) is 18.8 Å². The Morgan fingerprint density at radius 3 is 2.73 bits per heavy atom. The van der Waals surface area contributed by atoms with E-state index in [0.717, 1.165) is 0 Å². The first kappa shape index (κ1) is 15.6. The highest BCUT2D eigenvalue weighted by molar-refractivity contribution is 7.86. The van der Waals surface area contributed by atoms with E-state index in [9.17, 15) is 17.8 Å².